The van der Waals surface area contributed by atoms with E-state index in [0.717, 1.165) is 24.8 Å². The monoisotopic (exact) mass is 260 g/mol. The molecule has 0 spiro atoms. The van der Waals surface area contributed by atoms with Gasteiger partial charge in [0.1, 0.15) is 5.78 Å². The van der Waals surface area contributed by atoms with E-state index < -0.39 is 11.4 Å². The van der Waals surface area contributed by atoms with E-state index in [0.29, 0.717) is 0 Å². The van der Waals surface area contributed by atoms with Crippen molar-refractivity contribution in [2.75, 3.05) is 0 Å². The summed E-state index contributed by atoms with van der Waals surface area (Å²) in [7, 11) is 0. The third-order valence-corrected chi connectivity index (χ3v) is 3.95. The molecule has 0 aromatic heterocycles. The van der Waals surface area contributed by atoms with Gasteiger partial charge in [-0.15, -0.1) is 0 Å². The fourth-order valence-corrected chi connectivity index (χ4v) is 2.96. The summed E-state index contributed by atoms with van der Waals surface area (Å²) in [6, 6.07) is 8.02. The molecule has 1 atom stereocenters. The highest BCUT2D eigenvalue weighted by Crippen LogP contribution is 2.38. The maximum Gasteiger partial charge on any atom is 0.304 e. The number of rotatable bonds is 4. The van der Waals surface area contributed by atoms with Crippen molar-refractivity contribution in [3.8, 4) is 0 Å². The van der Waals surface area contributed by atoms with Crippen molar-refractivity contribution in [3.05, 3.63) is 35.4 Å². The third kappa shape index (κ3) is 2.86. The van der Waals surface area contributed by atoms with Gasteiger partial charge in [-0.25, -0.2) is 0 Å². The molecule has 1 aromatic carbocycles. The minimum Gasteiger partial charge on any atom is -0.481 e. The Morgan fingerprint density at radius 1 is 1.32 bits per heavy atom. The first-order chi connectivity index (χ1) is 8.92. The van der Waals surface area contributed by atoms with Crippen molar-refractivity contribution >= 4 is 11.8 Å². The molecule has 0 bridgehead atoms. The summed E-state index contributed by atoms with van der Waals surface area (Å²) in [5, 5.41) is 8.94. The lowest BCUT2D eigenvalue weighted by Crippen LogP contribution is -2.33. The molecule has 0 radical (unpaired) electrons. The van der Waals surface area contributed by atoms with E-state index >= 15 is 0 Å². The van der Waals surface area contributed by atoms with Gasteiger partial charge in [-0.3, -0.25) is 9.59 Å². The zero-order valence-corrected chi connectivity index (χ0v) is 11.5. The van der Waals surface area contributed by atoms with Crippen LogP contribution in [0.2, 0.25) is 0 Å². The van der Waals surface area contributed by atoms with Crippen LogP contribution < -0.4 is 0 Å². The van der Waals surface area contributed by atoms with E-state index in [2.05, 4.69) is 6.07 Å². The molecule has 1 unspecified atom stereocenters. The van der Waals surface area contributed by atoms with Gasteiger partial charge in [0.25, 0.3) is 0 Å². The second kappa shape index (κ2) is 5.16. The van der Waals surface area contributed by atoms with E-state index in [-0.39, 0.29) is 18.1 Å². The first kappa shape index (κ1) is 13.8. The van der Waals surface area contributed by atoms with Crippen LogP contribution in [0, 0.1) is 5.41 Å². The Bertz CT molecular complexity index is 502. The number of hydrogen-bond acceptors (Lipinski definition) is 2. The van der Waals surface area contributed by atoms with Gasteiger partial charge in [0.15, 0.2) is 0 Å². The average molecular weight is 260 g/mol. The van der Waals surface area contributed by atoms with E-state index in [9.17, 15) is 9.59 Å². The summed E-state index contributed by atoms with van der Waals surface area (Å²) in [5.74, 6) is -0.996. The van der Waals surface area contributed by atoms with Crippen LogP contribution >= 0.6 is 0 Å². The summed E-state index contributed by atoms with van der Waals surface area (Å²) in [6.07, 6.45) is 2.74. The van der Waals surface area contributed by atoms with Crippen LogP contribution in [0.4, 0.5) is 0 Å². The Morgan fingerprint density at radius 2 is 2.00 bits per heavy atom. The van der Waals surface area contributed by atoms with Crippen LogP contribution in [0.1, 0.15) is 50.2 Å². The Hall–Kier alpha value is -1.64. The van der Waals surface area contributed by atoms with Crippen LogP contribution in [0.25, 0.3) is 0 Å². The summed E-state index contributed by atoms with van der Waals surface area (Å²) >= 11 is 0. The highest BCUT2D eigenvalue weighted by molar-refractivity contribution is 5.93. The first-order valence-corrected chi connectivity index (χ1v) is 6.76. The van der Waals surface area contributed by atoms with Crippen LogP contribution in [-0.4, -0.2) is 16.9 Å². The Morgan fingerprint density at radius 3 is 2.68 bits per heavy atom. The first-order valence-electron chi connectivity index (χ1n) is 6.76. The van der Waals surface area contributed by atoms with Gasteiger partial charge in [0, 0.05) is 11.3 Å². The summed E-state index contributed by atoms with van der Waals surface area (Å²) in [6.45, 7) is 3.47. The van der Waals surface area contributed by atoms with Crippen LogP contribution in [0.5, 0.6) is 0 Å². The quantitative estimate of drug-likeness (QED) is 0.904. The molecule has 0 saturated heterocycles. The minimum absolute atomic E-state index is 0.0575. The van der Waals surface area contributed by atoms with Crippen LogP contribution in [-0.2, 0) is 16.0 Å². The molecule has 0 fully saturated rings. The Balaban J connectivity index is 2.28. The van der Waals surface area contributed by atoms with Gasteiger partial charge >= 0.3 is 5.97 Å². The number of ketones is 1. The molecule has 2 rings (SSSR count). The second-order valence-corrected chi connectivity index (χ2v) is 5.96. The number of fused-ring (bicyclic) bond motifs is 1. The van der Waals surface area contributed by atoms with Crippen LogP contribution in [0.15, 0.2) is 24.3 Å². The van der Waals surface area contributed by atoms with E-state index in [4.69, 9.17) is 5.11 Å². The molecule has 1 aliphatic carbocycles. The lowest BCUT2D eigenvalue weighted by molar-refractivity contribution is -0.144. The van der Waals surface area contributed by atoms with Crippen molar-refractivity contribution in [3.63, 3.8) is 0 Å². The number of carboxylic acid groups (broad SMARTS) is 1. The van der Waals surface area contributed by atoms with E-state index in [1.54, 1.807) is 13.8 Å². The maximum atomic E-state index is 12.7. The molecule has 3 heteroatoms. The van der Waals surface area contributed by atoms with Crippen molar-refractivity contribution < 1.29 is 14.7 Å². The maximum absolute atomic E-state index is 12.7. The second-order valence-electron chi connectivity index (χ2n) is 5.96. The SMILES string of the molecule is CC(C)(CC(=O)O)C(=O)C1CCCc2ccccc21. The van der Waals surface area contributed by atoms with Gasteiger partial charge in [0.05, 0.1) is 6.42 Å². The van der Waals surface area contributed by atoms with Crippen molar-refractivity contribution in [1.29, 1.82) is 0 Å². The molecular weight excluding hydrogens is 240 g/mol. The molecule has 0 heterocycles. The predicted molar refractivity (Wildman–Crippen MR) is 73.2 cm³/mol. The fourth-order valence-electron chi connectivity index (χ4n) is 2.96. The lowest BCUT2D eigenvalue weighted by Gasteiger charge is -2.31. The summed E-state index contributed by atoms with van der Waals surface area (Å²) in [4.78, 5) is 23.6. The third-order valence-electron chi connectivity index (χ3n) is 3.95. The fraction of sp³-hybridized carbons (Fsp3) is 0.500. The standard InChI is InChI=1S/C16H20O3/c1-16(2,10-14(17)18)15(19)13-9-5-7-11-6-3-4-8-12(11)13/h3-4,6,8,13H,5,7,9-10H2,1-2H3,(H,17,18). The van der Waals surface area contributed by atoms with Gasteiger partial charge in [0.2, 0.25) is 0 Å². The predicted octanol–water partition coefficient (Wildman–Crippen LogP) is 3.18. The number of carbonyl (C=O) groups is 2. The lowest BCUT2D eigenvalue weighted by atomic mass is 9.71. The Labute approximate surface area is 113 Å². The summed E-state index contributed by atoms with van der Waals surface area (Å²) in [5.41, 5.74) is 1.52. The van der Waals surface area contributed by atoms with Crippen molar-refractivity contribution in [2.24, 2.45) is 5.41 Å². The topological polar surface area (TPSA) is 54.4 Å². The molecule has 0 amide bonds. The average Bonchev–Trinajstić information content (AvgIpc) is 2.35. The molecule has 1 aromatic rings. The number of benzene rings is 1. The van der Waals surface area contributed by atoms with Gasteiger partial charge < -0.3 is 5.11 Å². The van der Waals surface area contributed by atoms with Crippen LogP contribution in [0.3, 0.4) is 0 Å². The molecule has 3 nitrogen and oxygen atoms in total. The highest BCUT2D eigenvalue weighted by Gasteiger charge is 2.37. The van der Waals surface area contributed by atoms with E-state index in [1.807, 2.05) is 18.2 Å². The molecule has 1 N–H and O–H groups in total. The number of carboxylic acids is 1. The largest absolute Gasteiger partial charge is 0.481 e. The number of aryl methyl sites for hydroxylation is 1. The number of hydrogen-bond donors (Lipinski definition) is 1. The molecule has 19 heavy (non-hydrogen) atoms. The van der Waals surface area contributed by atoms with E-state index in [1.165, 1.54) is 5.56 Å². The van der Waals surface area contributed by atoms with Gasteiger partial charge in [-0.1, -0.05) is 38.1 Å². The molecule has 0 aliphatic heterocycles. The molecule has 1 aliphatic rings. The number of carbonyl (C=O) groups excluding carboxylic acids is 1. The van der Waals surface area contributed by atoms with Crippen molar-refractivity contribution in [1.82, 2.24) is 0 Å². The van der Waals surface area contributed by atoms with Crippen molar-refractivity contribution in [2.45, 2.75) is 45.4 Å². The molecule has 102 valence electrons. The number of Topliss-reactive ketones (excluding diaryl/α,β-unsaturated/α-hetero) is 1. The van der Waals surface area contributed by atoms with Gasteiger partial charge in [-0.05, 0) is 30.4 Å². The Kier molecular flexibility index (Phi) is 3.74. The van der Waals surface area contributed by atoms with Gasteiger partial charge in [-0.2, -0.15) is 0 Å². The minimum atomic E-state index is -0.914. The molecular formula is C16H20O3. The zero-order chi connectivity index (χ0) is 14.0. The number of aliphatic carboxylic acids is 1. The normalized spacial score (nSPS) is 18.7. The zero-order valence-electron chi connectivity index (χ0n) is 11.5. The highest BCUT2D eigenvalue weighted by atomic mass is 16.4. The summed E-state index contributed by atoms with van der Waals surface area (Å²) < 4.78 is 0. The molecule has 0 saturated carbocycles. The smallest absolute Gasteiger partial charge is 0.304 e.